The molecule has 4 rings (SSSR count). The lowest BCUT2D eigenvalue weighted by molar-refractivity contribution is 0.0567. The van der Waals surface area contributed by atoms with E-state index in [0.29, 0.717) is 0 Å². The fourth-order valence-corrected chi connectivity index (χ4v) is 3.92. The maximum atomic E-state index is 6.39. The number of allylic oxidation sites excluding steroid dienone is 2. The van der Waals surface area contributed by atoms with E-state index in [1.165, 1.54) is 11.1 Å². The van der Waals surface area contributed by atoms with E-state index in [0.717, 1.165) is 46.7 Å². The van der Waals surface area contributed by atoms with Gasteiger partial charge in [0, 0.05) is 22.3 Å². The standard InChI is InChI=1S/C26H29NO/c1-17-20-15-16-26(5,6)28-24(20)22-10-8-7-9-21(22)23(17)27-19-13-11-18(12-14-19)25(2,3)4/h7-14H,1,15-16H2,2-6H3. The van der Waals surface area contributed by atoms with Gasteiger partial charge in [0.1, 0.15) is 11.4 Å². The Labute approximate surface area is 168 Å². The summed E-state index contributed by atoms with van der Waals surface area (Å²) < 4.78 is 6.39. The van der Waals surface area contributed by atoms with Crippen molar-refractivity contribution in [3.8, 4) is 0 Å². The van der Waals surface area contributed by atoms with Crippen LogP contribution < -0.4 is 0 Å². The molecule has 0 aromatic heterocycles. The van der Waals surface area contributed by atoms with Crippen LogP contribution in [-0.2, 0) is 10.2 Å². The zero-order valence-electron chi connectivity index (χ0n) is 17.6. The summed E-state index contributed by atoms with van der Waals surface area (Å²) in [5, 5.41) is 0. The lowest BCUT2D eigenvalue weighted by Gasteiger charge is -2.38. The Morgan fingerprint density at radius 2 is 1.61 bits per heavy atom. The Kier molecular flexibility index (Phi) is 4.33. The highest BCUT2D eigenvalue weighted by Crippen LogP contribution is 2.44. The Morgan fingerprint density at radius 3 is 2.25 bits per heavy atom. The molecule has 0 atom stereocenters. The maximum absolute atomic E-state index is 6.39. The van der Waals surface area contributed by atoms with Crippen molar-refractivity contribution in [2.45, 2.75) is 58.5 Å². The molecule has 2 nitrogen and oxygen atoms in total. The Hall–Kier alpha value is -2.61. The summed E-state index contributed by atoms with van der Waals surface area (Å²) in [6.45, 7) is 15.4. The van der Waals surface area contributed by atoms with Crippen molar-refractivity contribution in [3.63, 3.8) is 0 Å². The molecule has 1 aliphatic carbocycles. The van der Waals surface area contributed by atoms with Crippen molar-refractivity contribution in [1.82, 2.24) is 0 Å². The number of benzene rings is 2. The quantitative estimate of drug-likeness (QED) is 0.530. The molecule has 144 valence electrons. The average molecular weight is 372 g/mol. The number of nitrogens with zero attached hydrogens (tertiary/aromatic N) is 1. The topological polar surface area (TPSA) is 21.6 Å². The van der Waals surface area contributed by atoms with E-state index < -0.39 is 0 Å². The van der Waals surface area contributed by atoms with Gasteiger partial charge in [-0.15, -0.1) is 0 Å². The fraction of sp³-hybridized carbons (Fsp3) is 0.346. The smallest absolute Gasteiger partial charge is 0.131 e. The fourth-order valence-electron chi connectivity index (χ4n) is 3.92. The molecule has 2 heteroatoms. The molecule has 0 saturated heterocycles. The maximum Gasteiger partial charge on any atom is 0.131 e. The van der Waals surface area contributed by atoms with Crippen molar-refractivity contribution in [1.29, 1.82) is 0 Å². The minimum Gasteiger partial charge on any atom is -0.487 e. The van der Waals surface area contributed by atoms with Gasteiger partial charge in [-0.25, -0.2) is 4.99 Å². The summed E-state index contributed by atoms with van der Waals surface area (Å²) in [5.41, 5.74) is 7.63. The second-order valence-electron chi connectivity index (χ2n) is 9.45. The van der Waals surface area contributed by atoms with E-state index in [1.54, 1.807) is 0 Å². The summed E-state index contributed by atoms with van der Waals surface area (Å²) in [5.74, 6) is 0.985. The van der Waals surface area contributed by atoms with Crippen LogP contribution in [0.3, 0.4) is 0 Å². The minimum absolute atomic E-state index is 0.138. The second kappa shape index (κ2) is 6.48. The minimum atomic E-state index is -0.149. The van der Waals surface area contributed by atoms with Crippen LogP contribution in [0.1, 0.15) is 64.2 Å². The van der Waals surface area contributed by atoms with Crippen LogP contribution in [0.15, 0.2) is 71.2 Å². The summed E-state index contributed by atoms with van der Waals surface area (Å²) in [7, 11) is 0. The highest BCUT2D eigenvalue weighted by atomic mass is 16.5. The third kappa shape index (κ3) is 3.32. The van der Waals surface area contributed by atoms with Gasteiger partial charge in [-0.05, 0) is 49.8 Å². The van der Waals surface area contributed by atoms with E-state index in [2.05, 4.69) is 89.7 Å². The lowest BCUT2D eigenvalue weighted by Crippen LogP contribution is -2.31. The molecule has 0 radical (unpaired) electrons. The van der Waals surface area contributed by atoms with Crippen molar-refractivity contribution in [2.75, 3.05) is 0 Å². The van der Waals surface area contributed by atoms with Crippen LogP contribution in [-0.4, -0.2) is 11.3 Å². The molecule has 0 amide bonds. The third-order valence-electron chi connectivity index (χ3n) is 5.68. The number of ether oxygens (including phenoxy) is 1. The van der Waals surface area contributed by atoms with Gasteiger partial charge >= 0.3 is 0 Å². The Bertz CT molecular complexity index is 997. The van der Waals surface area contributed by atoms with Crippen LogP contribution >= 0.6 is 0 Å². The SMILES string of the molecule is C=C1C(=Nc2ccc(C(C)(C)C)cc2)c2ccccc2C2=C1CCC(C)(C)O2. The van der Waals surface area contributed by atoms with Gasteiger partial charge in [0.25, 0.3) is 0 Å². The molecular formula is C26H29NO. The molecule has 2 aromatic carbocycles. The number of rotatable bonds is 1. The molecule has 0 fully saturated rings. The van der Waals surface area contributed by atoms with E-state index in [9.17, 15) is 0 Å². The molecule has 1 aliphatic heterocycles. The predicted molar refractivity (Wildman–Crippen MR) is 118 cm³/mol. The first-order valence-electron chi connectivity index (χ1n) is 10.1. The molecule has 0 bridgehead atoms. The largest absolute Gasteiger partial charge is 0.487 e. The van der Waals surface area contributed by atoms with Gasteiger partial charge in [-0.1, -0.05) is 63.7 Å². The zero-order valence-corrected chi connectivity index (χ0v) is 17.6. The Balaban J connectivity index is 1.80. The molecular weight excluding hydrogens is 342 g/mol. The van der Waals surface area contributed by atoms with Gasteiger partial charge in [0.2, 0.25) is 0 Å². The van der Waals surface area contributed by atoms with Gasteiger partial charge < -0.3 is 4.74 Å². The summed E-state index contributed by atoms with van der Waals surface area (Å²) in [6.07, 6.45) is 1.96. The normalized spacial score (nSPS) is 19.9. The van der Waals surface area contributed by atoms with E-state index in [-0.39, 0.29) is 11.0 Å². The highest BCUT2D eigenvalue weighted by Gasteiger charge is 2.35. The average Bonchev–Trinajstić information content (AvgIpc) is 2.64. The van der Waals surface area contributed by atoms with Crippen LogP contribution in [0.25, 0.3) is 5.76 Å². The van der Waals surface area contributed by atoms with Crippen LogP contribution in [0, 0.1) is 0 Å². The van der Waals surface area contributed by atoms with Crippen molar-refractivity contribution >= 4 is 17.2 Å². The van der Waals surface area contributed by atoms with Gasteiger partial charge in [0.15, 0.2) is 0 Å². The van der Waals surface area contributed by atoms with Gasteiger partial charge in [-0.3, -0.25) is 0 Å². The molecule has 0 N–H and O–H groups in total. The summed E-state index contributed by atoms with van der Waals surface area (Å²) in [4.78, 5) is 5.02. The molecule has 2 aromatic rings. The number of fused-ring (bicyclic) bond motifs is 2. The summed E-state index contributed by atoms with van der Waals surface area (Å²) >= 11 is 0. The van der Waals surface area contributed by atoms with E-state index in [4.69, 9.17) is 9.73 Å². The lowest BCUT2D eigenvalue weighted by atomic mass is 9.80. The molecule has 2 aliphatic rings. The first-order valence-corrected chi connectivity index (χ1v) is 10.1. The summed E-state index contributed by atoms with van der Waals surface area (Å²) in [6, 6.07) is 16.9. The van der Waals surface area contributed by atoms with Crippen molar-refractivity contribution < 1.29 is 4.74 Å². The predicted octanol–water partition coefficient (Wildman–Crippen LogP) is 6.97. The van der Waals surface area contributed by atoms with Crippen LogP contribution in [0.5, 0.6) is 0 Å². The molecule has 0 saturated carbocycles. The van der Waals surface area contributed by atoms with Crippen molar-refractivity contribution in [2.24, 2.45) is 4.99 Å². The van der Waals surface area contributed by atoms with Crippen molar-refractivity contribution in [3.05, 3.63) is 82.9 Å². The van der Waals surface area contributed by atoms with Gasteiger partial charge in [0.05, 0.1) is 11.4 Å². The van der Waals surface area contributed by atoms with Crippen LogP contribution in [0.2, 0.25) is 0 Å². The third-order valence-corrected chi connectivity index (χ3v) is 5.68. The molecule has 0 unspecified atom stereocenters. The monoisotopic (exact) mass is 371 g/mol. The molecule has 0 spiro atoms. The Morgan fingerprint density at radius 1 is 0.964 bits per heavy atom. The molecule has 28 heavy (non-hydrogen) atoms. The number of hydrogen-bond acceptors (Lipinski definition) is 2. The highest BCUT2D eigenvalue weighted by molar-refractivity contribution is 6.21. The van der Waals surface area contributed by atoms with Crippen LogP contribution in [0.4, 0.5) is 5.69 Å². The first kappa shape index (κ1) is 18.7. The van der Waals surface area contributed by atoms with E-state index in [1.807, 2.05) is 0 Å². The second-order valence-corrected chi connectivity index (χ2v) is 9.45. The zero-order chi connectivity index (χ0) is 20.1. The molecule has 1 heterocycles. The van der Waals surface area contributed by atoms with E-state index >= 15 is 0 Å². The number of aliphatic imine (C=N–C) groups is 1. The first-order chi connectivity index (χ1) is 13.2. The number of hydrogen-bond donors (Lipinski definition) is 0. The van der Waals surface area contributed by atoms with Gasteiger partial charge in [-0.2, -0.15) is 0 Å².